The summed E-state index contributed by atoms with van der Waals surface area (Å²) in [7, 11) is 0. The summed E-state index contributed by atoms with van der Waals surface area (Å²) in [5.41, 5.74) is 7.56. The van der Waals surface area contributed by atoms with Crippen molar-refractivity contribution in [2.75, 3.05) is 19.6 Å². The number of halogens is 1. The van der Waals surface area contributed by atoms with Gasteiger partial charge in [-0.3, -0.25) is 10.00 Å². The van der Waals surface area contributed by atoms with Crippen molar-refractivity contribution in [2.45, 2.75) is 19.8 Å². The summed E-state index contributed by atoms with van der Waals surface area (Å²) in [6, 6.07) is 6.12. The summed E-state index contributed by atoms with van der Waals surface area (Å²) < 4.78 is 0. The van der Waals surface area contributed by atoms with E-state index in [9.17, 15) is 0 Å². The van der Waals surface area contributed by atoms with Gasteiger partial charge >= 0.3 is 0 Å². The highest BCUT2D eigenvalue weighted by atomic mass is 35.5. The third-order valence-corrected chi connectivity index (χ3v) is 4.79. The molecule has 1 aliphatic carbocycles. The lowest BCUT2D eigenvalue weighted by molar-refractivity contribution is 0.321. The van der Waals surface area contributed by atoms with E-state index in [0.29, 0.717) is 0 Å². The topological polar surface area (TPSA) is 31.9 Å². The Bertz CT molecular complexity index is 730. The van der Waals surface area contributed by atoms with Crippen LogP contribution in [0.15, 0.2) is 24.3 Å². The average molecular weight is 300 g/mol. The van der Waals surface area contributed by atoms with Crippen LogP contribution in [0.3, 0.4) is 0 Å². The van der Waals surface area contributed by atoms with Gasteiger partial charge in [0, 0.05) is 35.7 Å². The SMILES string of the molecule is CCN1CCC=C(c2n[nH]c3c2Cc2cc(Cl)ccc2-3)C1. The zero-order valence-corrected chi connectivity index (χ0v) is 12.9. The van der Waals surface area contributed by atoms with Crippen LogP contribution in [-0.4, -0.2) is 34.7 Å². The van der Waals surface area contributed by atoms with Gasteiger partial charge in [0.1, 0.15) is 0 Å². The Morgan fingerprint density at radius 3 is 3.14 bits per heavy atom. The largest absolute Gasteiger partial charge is 0.299 e. The molecule has 0 radical (unpaired) electrons. The number of H-pyrrole nitrogens is 1. The van der Waals surface area contributed by atoms with Crippen molar-refractivity contribution in [3.05, 3.63) is 46.1 Å². The zero-order chi connectivity index (χ0) is 14.4. The van der Waals surface area contributed by atoms with Gasteiger partial charge in [0.25, 0.3) is 0 Å². The highest BCUT2D eigenvalue weighted by molar-refractivity contribution is 6.30. The summed E-state index contributed by atoms with van der Waals surface area (Å²) in [6.45, 7) is 5.48. The molecule has 0 spiro atoms. The molecule has 2 aliphatic rings. The van der Waals surface area contributed by atoms with Gasteiger partial charge < -0.3 is 0 Å². The molecule has 1 N–H and O–H groups in total. The van der Waals surface area contributed by atoms with Crippen LogP contribution < -0.4 is 0 Å². The lowest BCUT2D eigenvalue weighted by Crippen LogP contribution is -2.29. The fourth-order valence-corrected chi connectivity index (χ4v) is 3.61. The van der Waals surface area contributed by atoms with Gasteiger partial charge in [-0.1, -0.05) is 30.7 Å². The number of aromatic nitrogens is 2. The second-order valence-corrected chi connectivity index (χ2v) is 6.23. The molecule has 2 aromatic rings. The molecule has 0 fully saturated rings. The number of fused-ring (bicyclic) bond motifs is 3. The summed E-state index contributed by atoms with van der Waals surface area (Å²) in [5, 5.41) is 8.65. The molecule has 0 saturated carbocycles. The second-order valence-electron chi connectivity index (χ2n) is 5.79. The first-order chi connectivity index (χ1) is 10.3. The van der Waals surface area contributed by atoms with E-state index in [4.69, 9.17) is 11.6 Å². The maximum atomic E-state index is 6.12. The summed E-state index contributed by atoms with van der Waals surface area (Å²) in [6.07, 6.45) is 4.39. The molecule has 1 aromatic heterocycles. The first-order valence-electron chi connectivity index (χ1n) is 7.54. The van der Waals surface area contributed by atoms with Crippen molar-refractivity contribution < 1.29 is 0 Å². The number of benzene rings is 1. The minimum absolute atomic E-state index is 0.808. The lowest BCUT2D eigenvalue weighted by atomic mass is 10.0. The summed E-state index contributed by atoms with van der Waals surface area (Å²) in [5.74, 6) is 0. The zero-order valence-electron chi connectivity index (χ0n) is 12.1. The number of rotatable bonds is 2. The molecule has 3 nitrogen and oxygen atoms in total. The highest BCUT2D eigenvalue weighted by Crippen LogP contribution is 2.40. The smallest absolute Gasteiger partial charge is 0.0932 e. The van der Waals surface area contributed by atoms with E-state index in [1.54, 1.807) is 0 Å². The van der Waals surface area contributed by atoms with E-state index in [1.165, 1.54) is 28.0 Å². The van der Waals surface area contributed by atoms with Crippen LogP contribution >= 0.6 is 11.6 Å². The van der Waals surface area contributed by atoms with Crippen molar-refractivity contribution in [3.63, 3.8) is 0 Å². The normalized spacial score (nSPS) is 17.5. The van der Waals surface area contributed by atoms with E-state index in [-0.39, 0.29) is 0 Å². The molecule has 21 heavy (non-hydrogen) atoms. The molecule has 0 bridgehead atoms. The Kier molecular flexibility index (Phi) is 3.12. The van der Waals surface area contributed by atoms with Crippen molar-refractivity contribution in [1.82, 2.24) is 15.1 Å². The Morgan fingerprint density at radius 2 is 2.29 bits per heavy atom. The molecule has 0 unspecified atom stereocenters. The maximum Gasteiger partial charge on any atom is 0.0932 e. The Balaban J connectivity index is 1.73. The number of aromatic amines is 1. The van der Waals surface area contributed by atoms with E-state index in [0.717, 1.165) is 43.2 Å². The molecule has 2 heterocycles. The van der Waals surface area contributed by atoms with E-state index in [1.807, 2.05) is 6.07 Å². The van der Waals surface area contributed by atoms with Gasteiger partial charge in [0.15, 0.2) is 0 Å². The first kappa shape index (κ1) is 13.1. The van der Waals surface area contributed by atoms with Gasteiger partial charge in [-0.25, -0.2) is 0 Å². The molecule has 1 aromatic carbocycles. The highest BCUT2D eigenvalue weighted by Gasteiger charge is 2.27. The quantitative estimate of drug-likeness (QED) is 0.781. The third kappa shape index (κ3) is 2.12. The monoisotopic (exact) mass is 299 g/mol. The van der Waals surface area contributed by atoms with Crippen LogP contribution in [0.25, 0.3) is 16.8 Å². The van der Waals surface area contributed by atoms with Crippen LogP contribution in [0.1, 0.15) is 30.2 Å². The molecule has 108 valence electrons. The van der Waals surface area contributed by atoms with Crippen LogP contribution in [0.2, 0.25) is 5.02 Å². The molecule has 4 rings (SSSR count). The maximum absolute atomic E-state index is 6.12. The van der Waals surface area contributed by atoms with E-state index >= 15 is 0 Å². The van der Waals surface area contributed by atoms with Crippen LogP contribution in [-0.2, 0) is 6.42 Å². The van der Waals surface area contributed by atoms with Crippen LogP contribution in [0.5, 0.6) is 0 Å². The number of hydrogen-bond acceptors (Lipinski definition) is 2. The predicted octanol–water partition coefficient (Wildman–Crippen LogP) is 3.74. The number of nitrogens with one attached hydrogen (secondary N) is 1. The summed E-state index contributed by atoms with van der Waals surface area (Å²) >= 11 is 6.12. The minimum Gasteiger partial charge on any atom is -0.299 e. The second kappa shape index (κ2) is 5.00. The van der Waals surface area contributed by atoms with Gasteiger partial charge in [-0.15, -0.1) is 0 Å². The molecular weight excluding hydrogens is 282 g/mol. The van der Waals surface area contributed by atoms with Gasteiger partial charge in [0.2, 0.25) is 0 Å². The lowest BCUT2D eigenvalue weighted by Gasteiger charge is -2.25. The van der Waals surface area contributed by atoms with Gasteiger partial charge in [0.05, 0.1) is 11.4 Å². The predicted molar refractivity (Wildman–Crippen MR) is 86.5 cm³/mol. The Labute approximate surface area is 129 Å². The van der Waals surface area contributed by atoms with E-state index < -0.39 is 0 Å². The molecular formula is C17H18ClN3. The third-order valence-electron chi connectivity index (χ3n) is 4.55. The number of hydrogen-bond donors (Lipinski definition) is 1. The molecule has 4 heteroatoms. The van der Waals surface area contributed by atoms with Crippen molar-refractivity contribution in [1.29, 1.82) is 0 Å². The van der Waals surface area contributed by atoms with Crippen LogP contribution in [0.4, 0.5) is 0 Å². The standard InChI is InChI=1S/C17H18ClN3/c1-2-21-7-3-4-11(10-21)16-15-9-12-8-13(18)5-6-14(12)17(15)20-19-16/h4-6,8H,2-3,7,9-10H2,1H3,(H,19,20). The number of nitrogens with zero attached hydrogens (tertiary/aromatic N) is 2. The van der Waals surface area contributed by atoms with Crippen molar-refractivity contribution in [3.8, 4) is 11.3 Å². The molecule has 1 aliphatic heterocycles. The fraction of sp³-hybridized carbons (Fsp3) is 0.353. The molecule has 0 amide bonds. The summed E-state index contributed by atoms with van der Waals surface area (Å²) in [4.78, 5) is 2.47. The van der Waals surface area contributed by atoms with Gasteiger partial charge in [-0.2, -0.15) is 5.10 Å². The minimum atomic E-state index is 0.808. The average Bonchev–Trinajstić information content (AvgIpc) is 3.05. The van der Waals surface area contributed by atoms with Crippen LogP contribution in [0, 0.1) is 0 Å². The molecule has 0 atom stereocenters. The fourth-order valence-electron chi connectivity index (χ4n) is 3.42. The van der Waals surface area contributed by atoms with Crippen molar-refractivity contribution >= 4 is 17.2 Å². The Morgan fingerprint density at radius 1 is 1.38 bits per heavy atom. The van der Waals surface area contributed by atoms with Crippen molar-refractivity contribution in [2.24, 2.45) is 0 Å². The number of likely N-dealkylation sites (N-methyl/N-ethyl adjacent to an activating group) is 1. The Hall–Kier alpha value is -1.58. The van der Waals surface area contributed by atoms with Gasteiger partial charge in [-0.05, 0) is 36.2 Å². The van der Waals surface area contributed by atoms with E-state index in [2.05, 4.69) is 40.2 Å². The first-order valence-corrected chi connectivity index (χ1v) is 7.92. The molecule has 0 saturated heterocycles.